The molecule has 0 aliphatic carbocycles. The third-order valence-electron chi connectivity index (χ3n) is 2.14. The summed E-state index contributed by atoms with van der Waals surface area (Å²) in [5, 5.41) is 8.95. The van der Waals surface area contributed by atoms with Crippen LogP contribution in [0.25, 0.3) is 0 Å². The zero-order valence-electron chi connectivity index (χ0n) is 9.79. The zero-order valence-corrected chi connectivity index (χ0v) is 9.79. The molecule has 0 aliphatic rings. The number of esters is 1. The molecule has 1 N–H and O–H groups in total. The van der Waals surface area contributed by atoms with Crippen LogP contribution in [0.1, 0.15) is 27.6 Å². The molecule has 0 spiro atoms. The molecule has 0 radical (unpaired) electrons. The molecule has 0 saturated carbocycles. The van der Waals surface area contributed by atoms with E-state index in [0.29, 0.717) is 0 Å². The number of benzene rings is 1. The summed E-state index contributed by atoms with van der Waals surface area (Å²) in [6.45, 7) is 1.74. The number of ether oxygens (including phenoxy) is 1. The van der Waals surface area contributed by atoms with Gasteiger partial charge in [0.15, 0.2) is 6.10 Å². The number of allylic oxidation sites excluding steroid dienone is 1. The maximum atomic E-state index is 11.8. The van der Waals surface area contributed by atoms with Gasteiger partial charge in [0.2, 0.25) is 0 Å². The molecular formula is C14H12O4. The summed E-state index contributed by atoms with van der Waals surface area (Å²) in [6.07, 6.45) is 7.57. The summed E-state index contributed by atoms with van der Waals surface area (Å²) >= 11 is 0. The highest BCUT2D eigenvalue weighted by Gasteiger charge is 2.18. The zero-order chi connectivity index (χ0) is 13.5. The molecule has 18 heavy (non-hydrogen) atoms. The van der Waals surface area contributed by atoms with E-state index < -0.39 is 18.0 Å². The number of carboxylic acids is 1. The standard InChI is InChI=1S/C14H12O4/c1-3-7-10(4-2)18-14(17)12-9-6-5-8-11(12)13(15)16/h2-3,5-10H,1H3,(H,15,16). The highest BCUT2D eigenvalue weighted by atomic mass is 16.5. The predicted molar refractivity (Wildman–Crippen MR) is 66.3 cm³/mol. The molecule has 1 atom stereocenters. The lowest BCUT2D eigenvalue weighted by Gasteiger charge is -2.09. The second-order valence-corrected chi connectivity index (χ2v) is 3.37. The van der Waals surface area contributed by atoms with Crippen LogP contribution in [-0.2, 0) is 4.74 Å². The second kappa shape index (κ2) is 6.26. The van der Waals surface area contributed by atoms with Crippen molar-refractivity contribution in [3.63, 3.8) is 0 Å². The lowest BCUT2D eigenvalue weighted by molar-refractivity contribution is 0.0465. The molecule has 1 rings (SSSR count). The second-order valence-electron chi connectivity index (χ2n) is 3.37. The van der Waals surface area contributed by atoms with Gasteiger partial charge in [0.1, 0.15) is 0 Å². The molecule has 0 heterocycles. The largest absolute Gasteiger partial charge is 0.478 e. The lowest BCUT2D eigenvalue weighted by Crippen LogP contribution is -2.17. The number of hydrogen-bond acceptors (Lipinski definition) is 3. The summed E-state index contributed by atoms with van der Waals surface area (Å²) in [7, 11) is 0. The van der Waals surface area contributed by atoms with Gasteiger partial charge < -0.3 is 9.84 Å². The van der Waals surface area contributed by atoms with E-state index in [-0.39, 0.29) is 11.1 Å². The van der Waals surface area contributed by atoms with E-state index in [9.17, 15) is 9.59 Å². The topological polar surface area (TPSA) is 63.6 Å². The average Bonchev–Trinajstić information content (AvgIpc) is 2.38. The van der Waals surface area contributed by atoms with Crippen LogP contribution >= 0.6 is 0 Å². The minimum atomic E-state index is -1.19. The van der Waals surface area contributed by atoms with Gasteiger partial charge in [-0.15, -0.1) is 6.42 Å². The first-order valence-corrected chi connectivity index (χ1v) is 5.22. The number of rotatable bonds is 4. The van der Waals surface area contributed by atoms with E-state index in [0.717, 1.165) is 0 Å². The number of terminal acetylenes is 1. The lowest BCUT2D eigenvalue weighted by atomic mass is 10.1. The van der Waals surface area contributed by atoms with E-state index in [2.05, 4.69) is 5.92 Å². The van der Waals surface area contributed by atoms with Crippen molar-refractivity contribution in [3.8, 4) is 12.3 Å². The fraction of sp³-hybridized carbons (Fsp3) is 0.143. The predicted octanol–water partition coefficient (Wildman–Crippen LogP) is 2.12. The quantitative estimate of drug-likeness (QED) is 0.500. The molecule has 4 heteroatoms. The normalized spacial score (nSPS) is 11.8. The minimum absolute atomic E-state index is 0.0187. The summed E-state index contributed by atoms with van der Waals surface area (Å²) in [6, 6.07) is 5.81. The summed E-state index contributed by atoms with van der Waals surface area (Å²) in [5.74, 6) is 0.330. The van der Waals surface area contributed by atoms with Crippen molar-refractivity contribution in [1.29, 1.82) is 0 Å². The van der Waals surface area contributed by atoms with E-state index in [1.807, 2.05) is 0 Å². The van der Waals surface area contributed by atoms with Crippen LogP contribution in [-0.4, -0.2) is 23.1 Å². The first kappa shape index (κ1) is 13.5. The Morgan fingerprint density at radius 2 is 2.00 bits per heavy atom. The number of carbonyl (C=O) groups is 2. The van der Waals surface area contributed by atoms with Crippen LogP contribution in [0, 0.1) is 12.3 Å². The van der Waals surface area contributed by atoms with E-state index in [4.69, 9.17) is 16.3 Å². The first-order chi connectivity index (χ1) is 8.60. The van der Waals surface area contributed by atoms with Crippen molar-refractivity contribution in [2.75, 3.05) is 0 Å². The van der Waals surface area contributed by atoms with Crippen LogP contribution in [0.3, 0.4) is 0 Å². The first-order valence-electron chi connectivity index (χ1n) is 5.22. The maximum absolute atomic E-state index is 11.8. The monoisotopic (exact) mass is 244 g/mol. The average molecular weight is 244 g/mol. The molecule has 0 amide bonds. The molecule has 92 valence electrons. The molecular weight excluding hydrogens is 232 g/mol. The van der Waals surface area contributed by atoms with Crippen LogP contribution < -0.4 is 0 Å². The van der Waals surface area contributed by atoms with E-state index in [1.165, 1.54) is 24.3 Å². The fourth-order valence-corrected chi connectivity index (χ4v) is 1.33. The van der Waals surface area contributed by atoms with Crippen molar-refractivity contribution >= 4 is 11.9 Å². The Labute approximate surface area is 105 Å². The molecule has 0 aliphatic heterocycles. The Morgan fingerprint density at radius 1 is 1.39 bits per heavy atom. The van der Waals surface area contributed by atoms with Crippen LogP contribution in [0.5, 0.6) is 0 Å². The van der Waals surface area contributed by atoms with Gasteiger partial charge in [0.05, 0.1) is 11.1 Å². The molecule has 0 aromatic heterocycles. The summed E-state index contributed by atoms with van der Waals surface area (Å²) in [4.78, 5) is 22.7. The van der Waals surface area contributed by atoms with Gasteiger partial charge in [-0.1, -0.05) is 24.1 Å². The Bertz CT molecular complexity index is 523. The van der Waals surface area contributed by atoms with Gasteiger partial charge in [-0.2, -0.15) is 0 Å². The van der Waals surface area contributed by atoms with Crippen molar-refractivity contribution < 1.29 is 19.4 Å². The van der Waals surface area contributed by atoms with Crippen molar-refractivity contribution in [2.45, 2.75) is 13.0 Å². The van der Waals surface area contributed by atoms with Gasteiger partial charge in [0.25, 0.3) is 0 Å². The molecule has 0 saturated heterocycles. The molecule has 0 bridgehead atoms. The molecule has 1 unspecified atom stereocenters. The smallest absolute Gasteiger partial charge is 0.340 e. The number of hydrogen-bond donors (Lipinski definition) is 1. The highest BCUT2D eigenvalue weighted by molar-refractivity contribution is 6.02. The number of aromatic carboxylic acids is 1. The maximum Gasteiger partial charge on any atom is 0.340 e. The van der Waals surface area contributed by atoms with Gasteiger partial charge in [-0.3, -0.25) is 0 Å². The van der Waals surface area contributed by atoms with Crippen LogP contribution in [0.2, 0.25) is 0 Å². The van der Waals surface area contributed by atoms with Gasteiger partial charge >= 0.3 is 11.9 Å². The highest BCUT2D eigenvalue weighted by Crippen LogP contribution is 2.11. The number of carbonyl (C=O) groups excluding carboxylic acids is 1. The third kappa shape index (κ3) is 3.22. The molecule has 1 aromatic rings. The Morgan fingerprint density at radius 3 is 2.50 bits per heavy atom. The summed E-state index contributed by atoms with van der Waals surface area (Å²) in [5.41, 5.74) is -0.131. The Balaban J connectivity index is 2.98. The fourth-order valence-electron chi connectivity index (χ4n) is 1.33. The summed E-state index contributed by atoms with van der Waals surface area (Å²) < 4.78 is 4.99. The van der Waals surface area contributed by atoms with Gasteiger partial charge in [-0.05, 0) is 25.1 Å². The SMILES string of the molecule is C#CC(C=CC)OC(=O)c1ccccc1C(=O)O. The Kier molecular flexibility index (Phi) is 4.70. The molecule has 0 fully saturated rings. The van der Waals surface area contributed by atoms with E-state index >= 15 is 0 Å². The van der Waals surface area contributed by atoms with Crippen molar-refractivity contribution in [1.82, 2.24) is 0 Å². The van der Waals surface area contributed by atoms with Crippen molar-refractivity contribution in [2.24, 2.45) is 0 Å². The van der Waals surface area contributed by atoms with E-state index in [1.54, 1.807) is 19.1 Å². The molecule has 1 aromatic carbocycles. The van der Waals surface area contributed by atoms with Gasteiger partial charge in [-0.25, -0.2) is 9.59 Å². The van der Waals surface area contributed by atoms with Gasteiger partial charge in [0, 0.05) is 0 Å². The minimum Gasteiger partial charge on any atom is -0.478 e. The van der Waals surface area contributed by atoms with Crippen LogP contribution in [0.4, 0.5) is 0 Å². The van der Waals surface area contributed by atoms with Crippen molar-refractivity contribution in [3.05, 3.63) is 47.5 Å². The van der Waals surface area contributed by atoms with Crippen LogP contribution in [0.15, 0.2) is 36.4 Å². The molecule has 4 nitrogen and oxygen atoms in total. The number of carboxylic acid groups (broad SMARTS) is 1. The third-order valence-corrected chi connectivity index (χ3v) is 2.14. The Hall–Kier alpha value is -2.54.